The molecular formula is C15H23NO4S. The third kappa shape index (κ3) is 4.82. The van der Waals surface area contributed by atoms with Crippen LogP contribution in [-0.2, 0) is 10.0 Å². The minimum Gasteiger partial charge on any atom is -0.478 e. The molecule has 118 valence electrons. The maximum atomic E-state index is 12.4. The van der Waals surface area contributed by atoms with E-state index in [1.54, 1.807) is 0 Å². The summed E-state index contributed by atoms with van der Waals surface area (Å²) in [6, 6.07) is 4.12. The number of sulfonamides is 1. The smallest absolute Gasteiger partial charge is 0.335 e. The lowest BCUT2D eigenvalue weighted by Crippen LogP contribution is -2.33. The molecule has 0 fully saturated rings. The fraction of sp³-hybridized carbons (Fsp3) is 0.533. The second kappa shape index (κ2) is 7.56. The molecule has 0 amide bonds. The second-order valence-electron chi connectivity index (χ2n) is 5.25. The fourth-order valence-electron chi connectivity index (χ4n) is 2.23. The zero-order valence-corrected chi connectivity index (χ0v) is 13.5. The van der Waals surface area contributed by atoms with Gasteiger partial charge in [-0.05, 0) is 38.0 Å². The molecule has 0 heterocycles. The highest BCUT2D eigenvalue weighted by Gasteiger charge is 2.22. The summed E-state index contributed by atoms with van der Waals surface area (Å²) in [4.78, 5) is 11.1. The molecule has 5 nitrogen and oxygen atoms in total. The number of carbonyl (C=O) groups is 1. The van der Waals surface area contributed by atoms with Gasteiger partial charge in [0.2, 0.25) is 10.0 Å². The zero-order chi connectivity index (χ0) is 16.0. The molecule has 0 radical (unpaired) electrons. The fourth-order valence-corrected chi connectivity index (χ4v) is 3.77. The van der Waals surface area contributed by atoms with Crippen molar-refractivity contribution in [1.82, 2.24) is 4.72 Å². The Kier molecular flexibility index (Phi) is 6.36. The largest absolute Gasteiger partial charge is 0.478 e. The minimum absolute atomic E-state index is 0.0107. The van der Waals surface area contributed by atoms with Gasteiger partial charge < -0.3 is 5.11 Å². The molecule has 0 spiro atoms. The molecule has 1 atom stereocenters. The summed E-state index contributed by atoms with van der Waals surface area (Å²) < 4.78 is 27.4. The summed E-state index contributed by atoms with van der Waals surface area (Å²) in [7, 11) is -3.70. The first-order chi connectivity index (χ1) is 9.79. The number of carboxylic acid groups (broad SMARTS) is 1. The molecule has 1 unspecified atom stereocenters. The van der Waals surface area contributed by atoms with Crippen molar-refractivity contribution >= 4 is 16.0 Å². The number of benzene rings is 1. The van der Waals surface area contributed by atoms with Crippen LogP contribution >= 0.6 is 0 Å². The summed E-state index contributed by atoms with van der Waals surface area (Å²) in [6.45, 7) is 5.43. The van der Waals surface area contributed by atoms with E-state index in [0.717, 1.165) is 25.7 Å². The SMILES string of the molecule is CCCCCC(C)NS(=O)(=O)c1cccc(C(=O)O)c1C. The van der Waals surface area contributed by atoms with Crippen LogP contribution in [0.1, 0.15) is 55.5 Å². The van der Waals surface area contributed by atoms with Crippen LogP contribution in [0.3, 0.4) is 0 Å². The number of aromatic carboxylic acids is 1. The van der Waals surface area contributed by atoms with E-state index in [1.165, 1.54) is 25.1 Å². The van der Waals surface area contributed by atoms with Gasteiger partial charge in [-0.2, -0.15) is 0 Å². The lowest BCUT2D eigenvalue weighted by atomic mass is 10.1. The monoisotopic (exact) mass is 313 g/mol. The van der Waals surface area contributed by atoms with Gasteiger partial charge in [0.25, 0.3) is 0 Å². The van der Waals surface area contributed by atoms with Gasteiger partial charge in [-0.1, -0.05) is 32.3 Å². The van der Waals surface area contributed by atoms with Crippen molar-refractivity contribution in [3.8, 4) is 0 Å². The standard InChI is InChI=1S/C15H23NO4S/c1-4-5-6-8-11(2)16-21(19,20)14-10-7-9-13(12(14)3)15(17)18/h7,9-11,16H,4-6,8H2,1-3H3,(H,17,18). The van der Waals surface area contributed by atoms with Gasteiger partial charge in [-0.3, -0.25) is 0 Å². The summed E-state index contributed by atoms with van der Waals surface area (Å²) in [5.74, 6) is -1.12. The first-order valence-corrected chi connectivity index (χ1v) is 8.63. The Bertz CT molecular complexity index is 596. The van der Waals surface area contributed by atoms with Crippen molar-refractivity contribution in [2.24, 2.45) is 0 Å². The van der Waals surface area contributed by atoms with Crippen LogP contribution < -0.4 is 4.72 Å². The number of nitrogens with one attached hydrogen (secondary N) is 1. The Hall–Kier alpha value is -1.40. The number of unbranched alkanes of at least 4 members (excludes halogenated alkanes) is 2. The molecule has 0 aliphatic carbocycles. The Morgan fingerprint density at radius 2 is 2.00 bits per heavy atom. The molecule has 0 saturated heterocycles. The maximum Gasteiger partial charge on any atom is 0.335 e. The van der Waals surface area contributed by atoms with Crippen LogP contribution in [-0.4, -0.2) is 25.5 Å². The zero-order valence-electron chi connectivity index (χ0n) is 12.7. The number of hydrogen-bond donors (Lipinski definition) is 2. The predicted octanol–water partition coefficient (Wildman–Crippen LogP) is 2.94. The van der Waals surface area contributed by atoms with Crippen molar-refractivity contribution in [2.45, 2.75) is 57.4 Å². The van der Waals surface area contributed by atoms with E-state index in [0.29, 0.717) is 0 Å². The summed E-state index contributed by atoms with van der Waals surface area (Å²) in [6.07, 6.45) is 3.89. The molecule has 0 saturated carbocycles. The van der Waals surface area contributed by atoms with Gasteiger partial charge in [0.1, 0.15) is 0 Å². The van der Waals surface area contributed by atoms with Crippen molar-refractivity contribution < 1.29 is 18.3 Å². The third-order valence-corrected chi connectivity index (χ3v) is 5.14. The molecule has 0 bridgehead atoms. The Labute approximate surface area is 126 Å². The molecule has 1 rings (SSSR count). The number of carboxylic acids is 1. The number of hydrogen-bond acceptors (Lipinski definition) is 3. The number of rotatable bonds is 8. The predicted molar refractivity (Wildman–Crippen MR) is 82.1 cm³/mol. The van der Waals surface area contributed by atoms with E-state index in [4.69, 9.17) is 5.11 Å². The molecular weight excluding hydrogens is 290 g/mol. The molecule has 21 heavy (non-hydrogen) atoms. The third-order valence-electron chi connectivity index (χ3n) is 3.40. The van der Waals surface area contributed by atoms with Gasteiger partial charge in [0.15, 0.2) is 0 Å². The quantitative estimate of drug-likeness (QED) is 0.723. The van der Waals surface area contributed by atoms with Crippen LogP contribution in [0.25, 0.3) is 0 Å². The van der Waals surface area contributed by atoms with Crippen LogP contribution in [0.15, 0.2) is 23.1 Å². The average Bonchev–Trinajstić information content (AvgIpc) is 2.38. The summed E-state index contributed by atoms with van der Waals surface area (Å²) >= 11 is 0. The van der Waals surface area contributed by atoms with Crippen LogP contribution in [0.4, 0.5) is 0 Å². The van der Waals surface area contributed by atoms with E-state index in [-0.39, 0.29) is 22.1 Å². The van der Waals surface area contributed by atoms with Crippen molar-refractivity contribution in [3.63, 3.8) is 0 Å². The van der Waals surface area contributed by atoms with Crippen LogP contribution in [0, 0.1) is 6.92 Å². The van der Waals surface area contributed by atoms with Gasteiger partial charge in [0.05, 0.1) is 10.5 Å². The Morgan fingerprint density at radius 1 is 1.33 bits per heavy atom. The molecule has 0 aromatic heterocycles. The Balaban J connectivity index is 2.93. The topological polar surface area (TPSA) is 83.5 Å². The van der Waals surface area contributed by atoms with Gasteiger partial charge in [-0.25, -0.2) is 17.9 Å². The highest BCUT2D eigenvalue weighted by atomic mass is 32.2. The first kappa shape index (κ1) is 17.7. The lowest BCUT2D eigenvalue weighted by molar-refractivity contribution is 0.0696. The summed E-state index contributed by atoms with van der Waals surface area (Å²) in [5.41, 5.74) is 0.273. The van der Waals surface area contributed by atoms with Gasteiger partial charge in [0, 0.05) is 6.04 Å². The molecule has 0 aliphatic rings. The molecule has 6 heteroatoms. The minimum atomic E-state index is -3.70. The van der Waals surface area contributed by atoms with Crippen LogP contribution in [0.5, 0.6) is 0 Å². The molecule has 0 aliphatic heterocycles. The van der Waals surface area contributed by atoms with Crippen LogP contribution in [0.2, 0.25) is 0 Å². The van der Waals surface area contributed by atoms with E-state index >= 15 is 0 Å². The van der Waals surface area contributed by atoms with E-state index in [1.807, 2.05) is 6.92 Å². The summed E-state index contributed by atoms with van der Waals surface area (Å²) in [5, 5.41) is 9.07. The molecule has 2 N–H and O–H groups in total. The highest BCUT2D eigenvalue weighted by molar-refractivity contribution is 7.89. The highest BCUT2D eigenvalue weighted by Crippen LogP contribution is 2.19. The van der Waals surface area contributed by atoms with Gasteiger partial charge >= 0.3 is 5.97 Å². The molecule has 1 aromatic rings. The lowest BCUT2D eigenvalue weighted by Gasteiger charge is -2.16. The van der Waals surface area contributed by atoms with E-state index in [2.05, 4.69) is 11.6 Å². The Morgan fingerprint density at radius 3 is 2.57 bits per heavy atom. The van der Waals surface area contributed by atoms with E-state index < -0.39 is 16.0 Å². The normalized spacial score (nSPS) is 13.1. The van der Waals surface area contributed by atoms with Crippen molar-refractivity contribution in [3.05, 3.63) is 29.3 Å². The second-order valence-corrected chi connectivity index (χ2v) is 6.93. The first-order valence-electron chi connectivity index (χ1n) is 7.14. The van der Waals surface area contributed by atoms with E-state index in [9.17, 15) is 13.2 Å². The maximum absolute atomic E-state index is 12.4. The van der Waals surface area contributed by atoms with Crippen molar-refractivity contribution in [2.75, 3.05) is 0 Å². The average molecular weight is 313 g/mol. The van der Waals surface area contributed by atoms with Crippen molar-refractivity contribution in [1.29, 1.82) is 0 Å². The van der Waals surface area contributed by atoms with Gasteiger partial charge in [-0.15, -0.1) is 0 Å². The molecule has 1 aromatic carbocycles.